The molecular formula is C9H19NO2S. The molecule has 2 N–H and O–H groups in total. The van der Waals surface area contributed by atoms with Crippen molar-refractivity contribution in [1.29, 1.82) is 0 Å². The molecule has 2 atom stereocenters. The maximum absolute atomic E-state index is 11.3. The zero-order chi connectivity index (χ0) is 10.3. The average Bonchev–Trinajstić information content (AvgIpc) is 2.13. The fourth-order valence-corrected chi connectivity index (χ4v) is 1.49. The number of thioether (sulfide) groups is 1. The van der Waals surface area contributed by atoms with Crippen molar-refractivity contribution >= 4 is 17.7 Å². The number of aliphatic hydroxyl groups excluding tert-OH is 1. The van der Waals surface area contributed by atoms with Crippen molar-refractivity contribution in [2.45, 2.75) is 13.8 Å². The molecule has 3 nitrogen and oxygen atoms in total. The van der Waals surface area contributed by atoms with Gasteiger partial charge in [0.1, 0.15) is 0 Å². The van der Waals surface area contributed by atoms with E-state index in [1.165, 1.54) is 0 Å². The Morgan fingerprint density at radius 3 is 2.62 bits per heavy atom. The molecule has 0 aromatic rings. The summed E-state index contributed by atoms with van der Waals surface area (Å²) in [5.41, 5.74) is 0. The molecule has 0 saturated carbocycles. The summed E-state index contributed by atoms with van der Waals surface area (Å²) in [6, 6.07) is 0. The van der Waals surface area contributed by atoms with Gasteiger partial charge in [-0.25, -0.2) is 0 Å². The second-order valence-corrected chi connectivity index (χ2v) is 4.30. The molecule has 0 aromatic carbocycles. The lowest BCUT2D eigenvalue weighted by Crippen LogP contribution is -2.34. The predicted molar refractivity (Wildman–Crippen MR) is 56.8 cm³/mol. The first kappa shape index (κ1) is 12.8. The van der Waals surface area contributed by atoms with E-state index < -0.39 is 0 Å². The summed E-state index contributed by atoms with van der Waals surface area (Å²) in [7, 11) is 0. The lowest BCUT2D eigenvalue weighted by atomic mass is 10.1. The summed E-state index contributed by atoms with van der Waals surface area (Å²) in [6.45, 7) is 4.50. The van der Waals surface area contributed by atoms with E-state index in [0.717, 1.165) is 5.75 Å². The lowest BCUT2D eigenvalue weighted by Gasteiger charge is -2.13. The van der Waals surface area contributed by atoms with Gasteiger partial charge in [0.05, 0.1) is 0 Å². The van der Waals surface area contributed by atoms with Crippen molar-refractivity contribution in [3.05, 3.63) is 0 Å². The maximum atomic E-state index is 11.3. The molecule has 0 aliphatic heterocycles. The van der Waals surface area contributed by atoms with E-state index >= 15 is 0 Å². The Balaban J connectivity index is 3.61. The Labute approximate surface area is 84.3 Å². The summed E-state index contributed by atoms with van der Waals surface area (Å²) in [4.78, 5) is 11.3. The highest BCUT2D eigenvalue weighted by Gasteiger charge is 2.12. The van der Waals surface area contributed by atoms with Gasteiger partial charge in [-0.15, -0.1) is 0 Å². The zero-order valence-corrected chi connectivity index (χ0v) is 9.36. The minimum Gasteiger partial charge on any atom is -0.396 e. The second-order valence-electron chi connectivity index (χ2n) is 3.39. The van der Waals surface area contributed by atoms with Crippen molar-refractivity contribution in [2.24, 2.45) is 11.8 Å². The molecule has 0 saturated heterocycles. The SMILES string of the molecule is CSCC(C)C(=O)NCC(C)CO. The van der Waals surface area contributed by atoms with Crippen LogP contribution >= 0.6 is 11.8 Å². The van der Waals surface area contributed by atoms with Crippen molar-refractivity contribution in [3.8, 4) is 0 Å². The van der Waals surface area contributed by atoms with Gasteiger partial charge >= 0.3 is 0 Å². The van der Waals surface area contributed by atoms with Crippen molar-refractivity contribution in [2.75, 3.05) is 25.2 Å². The molecule has 0 fully saturated rings. The fourth-order valence-electron chi connectivity index (χ4n) is 0.839. The first-order valence-corrected chi connectivity index (χ1v) is 5.88. The van der Waals surface area contributed by atoms with Crippen LogP contribution in [0.1, 0.15) is 13.8 Å². The van der Waals surface area contributed by atoms with Crippen molar-refractivity contribution in [3.63, 3.8) is 0 Å². The summed E-state index contributed by atoms with van der Waals surface area (Å²) in [5, 5.41) is 11.5. The first-order valence-electron chi connectivity index (χ1n) is 4.49. The van der Waals surface area contributed by atoms with E-state index in [9.17, 15) is 4.79 Å². The molecule has 0 spiro atoms. The number of carbonyl (C=O) groups is 1. The van der Waals surface area contributed by atoms with Gasteiger partial charge in [-0.05, 0) is 12.2 Å². The molecule has 1 amide bonds. The normalized spacial score (nSPS) is 15.1. The van der Waals surface area contributed by atoms with Crippen LogP contribution in [-0.4, -0.2) is 36.2 Å². The minimum absolute atomic E-state index is 0.0564. The Hall–Kier alpha value is -0.220. The molecule has 0 rings (SSSR count). The molecule has 4 heteroatoms. The molecule has 0 aliphatic carbocycles. The summed E-state index contributed by atoms with van der Waals surface area (Å²) >= 11 is 1.67. The average molecular weight is 205 g/mol. The predicted octanol–water partition coefficient (Wildman–Crippen LogP) is 0.730. The lowest BCUT2D eigenvalue weighted by molar-refractivity contribution is -0.124. The monoisotopic (exact) mass is 205 g/mol. The Morgan fingerprint density at radius 1 is 1.54 bits per heavy atom. The van der Waals surface area contributed by atoms with Crippen LogP contribution in [0.4, 0.5) is 0 Å². The smallest absolute Gasteiger partial charge is 0.223 e. The van der Waals surface area contributed by atoms with Crippen LogP contribution < -0.4 is 5.32 Å². The molecule has 13 heavy (non-hydrogen) atoms. The van der Waals surface area contributed by atoms with Gasteiger partial charge < -0.3 is 10.4 Å². The molecule has 78 valence electrons. The largest absolute Gasteiger partial charge is 0.396 e. The number of nitrogens with one attached hydrogen (secondary N) is 1. The van der Waals surface area contributed by atoms with Gasteiger partial charge in [-0.2, -0.15) is 11.8 Å². The van der Waals surface area contributed by atoms with Crippen LogP contribution in [0.3, 0.4) is 0 Å². The highest BCUT2D eigenvalue weighted by atomic mass is 32.2. The molecule has 2 unspecified atom stereocenters. The number of amides is 1. The Kier molecular flexibility index (Phi) is 7.09. The third-order valence-electron chi connectivity index (χ3n) is 1.80. The second kappa shape index (κ2) is 7.21. The van der Waals surface area contributed by atoms with E-state index in [2.05, 4.69) is 5.32 Å². The number of hydrogen-bond donors (Lipinski definition) is 2. The quantitative estimate of drug-likeness (QED) is 0.672. The van der Waals surface area contributed by atoms with Crippen LogP contribution in [0.15, 0.2) is 0 Å². The Bertz CT molecular complexity index is 153. The molecule has 0 aromatic heterocycles. The van der Waals surface area contributed by atoms with Crippen LogP contribution in [0.5, 0.6) is 0 Å². The van der Waals surface area contributed by atoms with Crippen LogP contribution in [0.25, 0.3) is 0 Å². The minimum atomic E-state index is 0.0564. The highest BCUT2D eigenvalue weighted by Crippen LogP contribution is 2.04. The number of carbonyl (C=O) groups excluding carboxylic acids is 1. The van der Waals surface area contributed by atoms with E-state index in [-0.39, 0.29) is 24.3 Å². The molecule has 0 heterocycles. The summed E-state index contributed by atoms with van der Waals surface area (Å²) < 4.78 is 0. The van der Waals surface area contributed by atoms with Gasteiger partial charge in [0, 0.05) is 24.8 Å². The van der Waals surface area contributed by atoms with Gasteiger partial charge in [0.25, 0.3) is 0 Å². The van der Waals surface area contributed by atoms with Crippen LogP contribution in [0.2, 0.25) is 0 Å². The highest BCUT2D eigenvalue weighted by molar-refractivity contribution is 7.98. The fraction of sp³-hybridized carbons (Fsp3) is 0.889. The van der Waals surface area contributed by atoms with Gasteiger partial charge in [0.2, 0.25) is 5.91 Å². The molecule has 0 radical (unpaired) electrons. The standard InChI is InChI=1S/C9H19NO2S/c1-7(5-11)4-10-9(12)8(2)6-13-3/h7-8,11H,4-6H2,1-3H3,(H,10,12). The van der Waals surface area contributed by atoms with E-state index in [4.69, 9.17) is 5.11 Å². The summed E-state index contributed by atoms with van der Waals surface area (Å²) in [5.74, 6) is 1.13. The third-order valence-corrected chi connectivity index (χ3v) is 2.63. The van der Waals surface area contributed by atoms with E-state index in [1.807, 2.05) is 20.1 Å². The number of hydrogen-bond acceptors (Lipinski definition) is 3. The molecular weight excluding hydrogens is 186 g/mol. The summed E-state index contributed by atoms with van der Waals surface area (Å²) in [6.07, 6.45) is 1.99. The third kappa shape index (κ3) is 5.93. The maximum Gasteiger partial charge on any atom is 0.223 e. The van der Waals surface area contributed by atoms with Gasteiger partial charge in [-0.3, -0.25) is 4.79 Å². The molecule has 0 aliphatic rings. The Morgan fingerprint density at radius 2 is 2.15 bits per heavy atom. The topological polar surface area (TPSA) is 49.3 Å². The van der Waals surface area contributed by atoms with Crippen LogP contribution in [-0.2, 0) is 4.79 Å². The van der Waals surface area contributed by atoms with Crippen molar-refractivity contribution < 1.29 is 9.90 Å². The number of rotatable bonds is 6. The zero-order valence-electron chi connectivity index (χ0n) is 8.54. The van der Waals surface area contributed by atoms with E-state index in [0.29, 0.717) is 6.54 Å². The van der Waals surface area contributed by atoms with Gasteiger partial charge in [-0.1, -0.05) is 13.8 Å². The first-order chi connectivity index (χ1) is 6.11. The van der Waals surface area contributed by atoms with Crippen molar-refractivity contribution in [1.82, 2.24) is 5.32 Å². The van der Waals surface area contributed by atoms with Gasteiger partial charge in [0.15, 0.2) is 0 Å². The van der Waals surface area contributed by atoms with Crippen LogP contribution in [0, 0.1) is 11.8 Å². The molecule has 0 bridgehead atoms. The number of aliphatic hydroxyl groups is 1. The van der Waals surface area contributed by atoms with E-state index in [1.54, 1.807) is 11.8 Å².